The molecule has 0 bridgehead atoms. The van der Waals surface area contributed by atoms with Crippen molar-refractivity contribution in [2.75, 3.05) is 20.8 Å². The van der Waals surface area contributed by atoms with Gasteiger partial charge in [-0.05, 0) is 25.8 Å². The lowest BCUT2D eigenvalue weighted by molar-refractivity contribution is -0.465. The fourth-order valence-electron chi connectivity index (χ4n) is 4.08. The maximum Gasteiger partial charge on any atom is 0.302 e. The van der Waals surface area contributed by atoms with Crippen molar-refractivity contribution in [1.82, 2.24) is 0 Å². The number of hydrogen-bond acceptors (Lipinski definition) is 8. The molecular weight excluding hydrogens is 392 g/mol. The van der Waals surface area contributed by atoms with Crippen molar-refractivity contribution in [3.05, 3.63) is 35.9 Å². The molecule has 1 saturated heterocycles. The molecule has 1 aromatic rings. The van der Waals surface area contributed by atoms with E-state index in [2.05, 4.69) is 0 Å². The molecule has 0 unspecified atom stereocenters. The first-order valence-corrected chi connectivity index (χ1v) is 10.2. The van der Waals surface area contributed by atoms with Crippen LogP contribution in [0.25, 0.3) is 0 Å². The number of carbonyl (C=O) groups is 1. The minimum atomic E-state index is -1.25. The molecule has 0 spiro atoms. The number of aliphatic hydroxyl groups is 1. The molecule has 1 aromatic carbocycles. The molecule has 1 aliphatic heterocycles. The highest BCUT2D eigenvalue weighted by Crippen LogP contribution is 2.45. The van der Waals surface area contributed by atoms with E-state index < -0.39 is 36.0 Å². The van der Waals surface area contributed by atoms with Gasteiger partial charge in [0.25, 0.3) is 0 Å². The number of aliphatic hydroxyl groups excluding tert-OH is 1. The number of rotatable bonds is 7. The van der Waals surface area contributed by atoms with Gasteiger partial charge in [0, 0.05) is 27.1 Å². The molecule has 0 amide bonds. The van der Waals surface area contributed by atoms with Gasteiger partial charge in [0.1, 0.15) is 12.2 Å². The molecule has 2 fully saturated rings. The largest absolute Gasteiger partial charge is 0.465 e. The second-order valence-corrected chi connectivity index (χ2v) is 8.09. The van der Waals surface area contributed by atoms with Crippen LogP contribution in [0.3, 0.4) is 0 Å². The minimum Gasteiger partial charge on any atom is -0.465 e. The van der Waals surface area contributed by atoms with E-state index in [0.717, 1.165) is 5.56 Å². The Morgan fingerprint density at radius 2 is 1.70 bits per heavy atom. The van der Waals surface area contributed by atoms with Gasteiger partial charge in [-0.1, -0.05) is 30.3 Å². The summed E-state index contributed by atoms with van der Waals surface area (Å²) in [5, 5.41) is 11.1. The number of ether oxygens (including phenoxy) is 6. The second kappa shape index (κ2) is 9.30. The van der Waals surface area contributed by atoms with E-state index in [4.69, 9.17) is 28.4 Å². The van der Waals surface area contributed by atoms with E-state index in [9.17, 15) is 9.90 Å². The first kappa shape index (κ1) is 23.1. The van der Waals surface area contributed by atoms with Crippen LogP contribution in [-0.2, 0) is 39.8 Å². The van der Waals surface area contributed by atoms with E-state index >= 15 is 0 Å². The highest BCUT2D eigenvalue weighted by molar-refractivity contribution is 5.65. The molecule has 2 aliphatic rings. The van der Waals surface area contributed by atoms with Gasteiger partial charge in [0.2, 0.25) is 11.6 Å². The van der Waals surface area contributed by atoms with Gasteiger partial charge >= 0.3 is 5.97 Å². The average Bonchev–Trinajstić information content (AvgIpc) is 2.74. The lowest BCUT2D eigenvalue weighted by Gasteiger charge is -2.56. The zero-order valence-corrected chi connectivity index (χ0v) is 18.2. The van der Waals surface area contributed by atoms with Gasteiger partial charge in [0.15, 0.2) is 0 Å². The van der Waals surface area contributed by atoms with Crippen LogP contribution in [0.5, 0.6) is 0 Å². The molecule has 168 valence electrons. The van der Waals surface area contributed by atoms with Crippen LogP contribution in [0.2, 0.25) is 0 Å². The highest BCUT2D eigenvalue weighted by atomic mass is 16.8. The fourth-order valence-corrected chi connectivity index (χ4v) is 4.08. The van der Waals surface area contributed by atoms with E-state index in [-0.39, 0.29) is 18.5 Å². The Morgan fingerprint density at radius 3 is 2.27 bits per heavy atom. The Kier molecular flexibility index (Phi) is 7.16. The van der Waals surface area contributed by atoms with Crippen molar-refractivity contribution >= 4 is 5.97 Å². The van der Waals surface area contributed by atoms with Crippen LogP contribution in [0, 0.1) is 5.92 Å². The summed E-state index contributed by atoms with van der Waals surface area (Å²) in [6, 6.07) is 9.72. The molecule has 1 aliphatic carbocycles. The topological polar surface area (TPSA) is 92.7 Å². The van der Waals surface area contributed by atoms with E-state index in [1.54, 1.807) is 13.8 Å². The van der Waals surface area contributed by atoms with Crippen LogP contribution >= 0.6 is 0 Å². The maximum absolute atomic E-state index is 11.4. The molecule has 3 rings (SSSR count). The molecule has 8 nitrogen and oxygen atoms in total. The van der Waals surface area contributed by atoms with Crippen molar-refractivity contribution in [2.45, 2.75) is 69.8 Å². The van der Waals surface area contributed by atoms with Crippen LogP contribution in [0.4, 0.5) is 0 Å². The Labute approximate surface area is 177 Å². The third kappa shape index (κ3) is 4.54. The van der Waals surface area contributed by atoms with Gasteiger partial charge in [-0.3, -0.25) is 4.79 Å². The summed E-state index contributed by atoms with van der Waals surface area (Å²) in [6.07, 6.45) is -2.35. The lowest BCUT2D eigenvalue weighted by atomic mass is 9.79. The van der Waals surface area contributed by atoms with Crippen molar-refractivity contribution in [3.63, 3.8) is 0 Å². The van der Waals surface area contributed by atoms with Crippen molar-refractivity contribution in [1.29, 1.82) is 0 Å². The summed E-state index contributed by atoms with van der Waals surface area (Å²) < 4.78 is 35.0. The SMILES string of the molecule is CO[C@@]1(C)O[C@@H]2[C@H](COC(C)=O)C[C@H](OCc3ccccc3)[C@@H](O)[C@H]2O[C@]1(C)OC. The molecule has 7 atom stereocenters. The van der Waals surface area contributed by atoms with Gasteiger partial charge in [0.05, 0.1) is 25.4 Å². The third-order valence-corrected chi connectivity index (χ3v) is 6.17. The Morgan fingerprint density at radius 1 is 1.10 bits per heavy atom. The summed E-state index contributed by atoms with van der Waals surface area (Å²) in [4.78, 5) is 11.4. The zero-order chi connectivity index (χ0) is 21.9. The molecule has 8 heteroatoms. The normalized spacial score (nSPS) is 38.7. The average molecular weight is 424 g/mol. The number of fused-ring (bicyclic) bond motifs is 1. The molecule has 1 N–H and O–H groups in total. The van der Waals surface area contributed by atoms with E-state index in [1.165, 1.54) is 21.1 Å². The number of hydrogen-bond donors (Lipinski definition) is 1. The number of benzene rings is 1. The predicted molar refractivity (Wildman–Crippen MR) is 106 cm³/mol. The van der Waals surface area contributed by atoms with Gasteiger partial charge in [-0.25, -0.2) is 0 Å². The molecule has 0 radical (unpaired) electrons. The van der Waals surface area contributed by atoms with E-state index in [0.29, 0.717) is 13.0 Å². The standard InChI is InChI=1S/C22H32O8/c1-14(23)27-13-16-11-17(28-12-15-9-7-6-8-10-15)18(24)20-19(16)29-21(2,25-4)22(3,26-5)30-20/h6-10,16-20,24H,11-13H2,1-5H3/t16-,17-,18+,19+,20+,21-,22-/m0/s1. The maximum atomic E-state index is 11.4. The van der Waals surface area contributed by atoms with Crippen LogP contribution in [0.1, 0.15) is 32.8 Å². The second-order valence-electron chi connectivity index (χ2n) is 8.09. The van der Waals surface area contributed by atoms with Crippen molar-refractivity contribution in [2.24, 2.45) is 5.92 Å². The van der Waals surface area contributed by atoms with Crippen LogP contribution in [0.15, 0.2) is 30.3 Å². The summed E-state index contributed by atoms with van der Waals surface area (Å²) in [7, 11) is 3.00. The smallest absolute Gasteiger partial charge is 0.302 e. The van der Waals surface area contributed by atoms with Gasteiger partial charge in [-0.2, -0.15) is 0 Å². The van der Waals surface area contributed by atoms with Crippen molar-refractivity contribution in [3.8, 4) is 0 Å². The van der Waals surface area contributed by atoms with Crippen molar-refractivity contribution < 1.29 is 38.3 Å². The summed E-state index contributed by atoms with van der Waals surface area (Å²) in [6.45, 7) is 5.26. The van der Waals surface area contributed by atoms with E-state index in [1.807, 2.05) is 30.3 Å². The number of methoxy groups -OCH3 is 2. The number of carbonyl (C=O) groups excluding carboxylic acids is 1. The fraction of sp³-hybridized carbons (Fsp3) is 0.682. The Balaban J connectivity index is 1.82. The molecule has 1 heterocycles. The molecule has 0 aromatic heterocycles. The summed E-state index contributed by atoms with van der Waals surface area (Å²) in [5.74, 6) is -3.10. The monoisotopic (exact) mass is 424 g/mol. The van der Waals surface area contributed by atoms with Crippen LogP contribution in [-0.4, -0.2) is 67.9 Å². The Hall–Kier alpha value is -1.55. The zero-order valence-electron chi connectivity index (χ0n) is 18.2. The van der Waals surface area contributed by atoms with Gasteiger partial charge < -0.3 is 33.5 Å². The van der Waals surface area contributed by atoms with Crippen LogP contribution < -0.4 is 0 Å². The third-order valence-electron chi connectivity index (χ3n) is 6.17. The molecule has 30 heavy (non-hydrogen) atoms. The lowest BCUT2D eigenvalue weighted by Crippen LogP contribution is -2.71. The summed E-state index contributed by atoms with van der Waals surface area (Å²) in [5.41, 5.74) is 0.998. The summed E-state index contributed by atoms with van der Waals surface area (Å²) >= 11 is 0. The van der Waals surface area contributed by atoms with Gasteiger partial charge in [-0.15, -0.1) is 0 Å². The Bertz CT molecular complexity index is 712. The first-order valence-electron chi connectivity index (χ1n) is 10.2. The molecular formula is C22H32O8. The quantitative estimate of drug-likeness (QED) is 0.665. The molecule has 1 saturated carbocycles. The highest BCUT2D eigenvalue weighted by Gasteiger charge is 2.61. The predicted octanol–water partition coefficient (Wildman–Crippen LogP) is 2.02. The first-order chi connectivity index (χ1) is 14.2. The minimum absolute atomic E-state index is 0.126. The number of esters is 1.